The van der Waals surface area contributed by atoms with E-state index in [-0.39, 0.29) is 17.6 Å². The van der Waals surface area contributed by atoms with Gasteiger partial charge < -0.3 is 9.84 Å². The van der Waals surface area contributed by atoms with Crippen LogP contribution in [0.3, 0.4) is 0 Å². The summed E-state index contributed by atoms with van der Waals surface area (Å²) >= 11 is 0. The molecule has 0 saturated carbocycles. The van der Waals surface area contributed by atoms with Crippen LogP contribution in [0.2, 0.25) is 0 Å². The number of aromatic nitrogens is 2. The Morgan fingerprint density at radius 2 is 1.85 bits per heavy atom. The Kier molecular flexibility index (Phi) is 7.41. The molecule has 1 aliphatic rings. The Bertz CT molecular complexity index is 1110. The third-order valence-corrected chi connectivity index (χ3v) is 6.38. The standard InChI is InChI=1S/C27H33FN4O2/c1-17(2)22-11-6-12-23(18(3)4)25(22)29-24(33)16-32-13-7-9-20(15-32)27-30-26(31-34-27)19-8-5-10-21(28)14-19/h5-6,8,10-12,14,17-18,20H,7,9,13,15-16H2,1-4H3,(H,29,33). The van der Waals surface area contributed by atoms with Gasteiger partial charge in [-0.3, -0.25) is 9.69 Å². The number of benzene rings is 2. The number of nitrogens with one attached hydrogen (secondary N) is 1. The molecule has 7 heteroatoms. The first-order valence-electron chi connectivity index (χ1n) is 12.1. The molecule has 0 spiro atoms. The largest absolute Gasteiger partial charge is 0.339 e. The van der Waals surface area contributed by atoms with Crippen LogP contribution < -0.4 is 5.32 Å². The zero-order valence-corrected chi connectivity index (χ0v) is 20.3. The maximum atomic E-state index is 13.6. The van der Waals surface area contributed by atoms with Gasteiger partial charge in [-0.25, -0.2) is 4.39 Å². The lowest BCUT2D eigenvalue weighted by molar-refractivity contribution is -0.117. The second-order valence-electron chi connectivity index (χ2n) is 9.71. The number of amides is 1. The molecule has 1 aliphatic heterocycles. The second-order valence-corrected chi connectivity index (χ2v) is 9.71. The molecule has 2 heterocycles. The smallest absolute Gasteiger partial charge is 0.238 e. The molecule has 1 aromatic heterocycles. The van der Waals surface area contributed by atoms with E-state index in [2.05, 4.69) is 66.3 Å². The van der Waals surface area contributed by atoms with E-state index in [0.717, 1.165) is 36.2 Å². The van der Waals surface area contributed by atoms with Crippen LogP contribution in [0.15, 0.2) is 47.0 Å². The van der Waals surface area contributed by atoms with Gasteiger partial charge in [-0.1, -0.05) is 63.2 Å². The maximum absolute atomic E-state index is 13.6. The lowest BCUT2D eigenvalue weighted by Gasteiger charge is -2.30. The van der Waals surface area contributed by atoms with E-state index in [1.807, 2.05) is 0 Å². The van der Waals surface area contributed by atoms with E-state index >= 15 is 0 Å². The number of hydrogen-bond acceptors (Lipinski definition) is 5. The van der Waals surface area contributed by atoms with Gasteiger partial charge in [0.25, 0.3) is 0 Å². The van der Waals surface area contributed by atoms with E-state index in [1.165, 1.54) is 12.1 Å². The van der Waals surface area contributed by atoms with E-state index in [1.54, 1.807) is 12.1 Å². The highest BCUT2D eigenvalue weighted by Crippen LogP contribution is 2.33. The number of likely N-dealkylation sites (tertiary alicyclic amines) is 1. The van der Waals surface area contributed by atoms with Gasteiger partial charge in [0.15, 0.2) is 0 Å². The fraction of sp³-hybridized carbons (Fsp3) is 0.444. The molecule has 1 unspecified atom stereocenters. The van der Waals surface area contributed by atoms with Gasteiger partial charge in [-0.15, -0.1) is 0 Å². The van der Waals surface area contributed by atoms with Crippen LogP contribution >= 0.6 is 0 Å². The number of hydrogen-bond donors (Lipinski definition) is 1. The van der Waals surface area contributed by atoms with Gasteiger partial charge in [0.05, 0.1) is 12.5 Å². The second kappa shape index (κ2) is 10.5. The van der Waals surface area contributed by atoms with Crippen molar-refractivity contribution in [3.05, 3.63) is 65.3 Å². The molecule has 34 heavy (non-hydrogen) atoms. The Labute approximate surface area is 200 Å². The van der Waals surface area contributed by atoms with Crippen LogP contribution in [0.1, 0.15) is 75.3 Å². The lowest BCUT2D eigenvalue weighted by Crippen LogP contribution is -2.40. The summed E-state index contributed by atoms with van der Waals surface area (Å²) in [6.07, 6.45) is 1.85. The third kappa shape index (κ3) is 5.53. The van der Waals surface area contributed by atoms with Gasteiger partial charge in [-0.2, -0.15) is 4.98 Å². The molecule has 4 rings (SSSR count). The topological polar surface area (TPSA) is 71.3 Å². The molecule has 0 bridgehead atoms. The molecule has 1 atom stereocenters. The SMILES string of the molecule is CC(C)c1cccc(C(C)C)c1NC(=O)CN1CCCC(c2nc(-c3cccc(F)c3)no2)C1. The minimum Gasteiger partial charge on any atom is -0.339 e. The van der Waals surface area contributed by atoms with E-state index in [4.69, 9.17) is 4.52 Å². The first-order chi connectivity index (χ1) is 16.3. The number of anilines is 1. The van der Waals surface area contributed by atoms with Gasteiger partial charge in [0, 0.05) is 17.8 Å². The number of para-hydroxylation sites is 1. The lowest BCUT2D eigenvalue weighted by atomic mass is 9.92. The van der Waals surface area contributed by atoms with E-state index in [0.29, 0.717) is 42.2 Å². The molecule has 1 saturated heterocycles. The predicted octanol–water partition coefficient (Wildman–Crippen LogP) is 5.94. The average Bonchev–Trinajstić information content (AvgIpc) is 3.29. The summed E-state index contributed by atoms with van der Waals surface area (Å²) in [5.41, 5.74) is 3.85. The van der Waals surface area contributed by atoms with Crippen LogP contribution in [0.5, 0.6) is 0 Å². The van der Waals surface area contributed by atoms with Crippen molar-refractivity contribution in [1.82, 2.24) is 15.0 Å². The maximum Gasteiger partial charge on any atom is 0.238 e. The molecule has 6 nitrogen and oxygen atoms in total. The van der Waals surface area contributed by atoms with Gasteiger partial charge in [0.1, 0.15) is 5.82 Å². The first kappa shape index (κ1) is 24.1. The van der Waals surface area contributed by atoms with Crippen molar-refractivity contribution in [3.8, 4) is 11.4 Å². The van der Waals surface area contributed by atoms with Crippen LogP contribution in [-0.4, -0.2) is 40.6 Å². The fourth-order valence-electron chi connectivity index (χ4n) is 4.62. The zero-order valence-electron chi connectivity index (χ0n) is 20.3. The number of carbonyl (C=O) groups excluding carboxylic acids is 1. The number of carbonyl (C=O) groups is 1. The molecule has 0 radical (unpaired) electrons. The normalized spacial score (nSPS) is 16.9. The summed E-state index contributed by atoms with van der Waals surface area (Å²) in [5.74, 6) is 1.26. The van der Waals surface area contributed by atoms with Crippen molar-refractivity contribution < 1.29 is 13.7 Å². The summed E-state index contributed by atoms with van der Waals surface area (Å²) in [6, 6.07) is 12.4. The average molecular weight is 465 g/mol. The molecule has 1 amide bonds. The molecule has 1 N–H and O–H groups in total. The highest BCUT2D eigenvalue weighted by molar-refractivity contribution is 5.94. The van der Waals surface area contributed by atoms with Crippen molar-refractivity contribution in [1.29, 1.82) is 0 Å². The zero-order chi connectivity index (χ0) is 24.2. The van der Waals surface area contributed by atoms with E-state index in [9.17, 15) is 9.18 Å². The minimum absolute atomic E-state index is 0.0124. The summed E-state index contributed by atoms with van der Waals surface area (Å²) in [6.45, 7) is 10.4. The highest BCUT2D eigenvalue weighted by Gasteiger charge is 2.28. The fourth-order valence-corrected chi connectivity index (χ4v) is 4.62. The number of halogens is 1. The van der Waals surface area contributed by atoms with Gasteiger partial charge >= 0.3 is 0 Å². The van der Waals surface area contributed by atoms with Crippen molar-refractivity contribution in [2.24, 2.45) is 0 Å². The molecule has 180 valence electrons. The highest BCUT2D eigenvalue weighted by atomic mass is 19.1. The van der Waals surface area contributed by atoms with Crippen LogP contribution in [0.4, 0.5) is 10.1 Å². The monoisotopic (exact) mass is 464 g/mol. The van der Waals surface area contributed by atoms with Crippen molar-refractivity contribution in [3.63, 3.8) is 0 Å². The Morgan fingerprint density at radius 1 is 1.15 bits per heavy atom. The van der Waals surface area contributed by atoms with Crippen molar-refractivity contribution in [2.75, 3.05) is 25.0 Å². The van der Waals surface area contributed by atoms with Crippen molar-refractivity contribution in [2.45, 2.75) is 58.3 Å². The quantitative estimate of drug-likeness (QED) is 0.468. The Balaban J connectivity index is 1.43. The van der Waals surface area contributed by atoms with E-state index < -0.39 is 0 Å². The predicted molar refractivity (Wildman–Crippen MR) is 131 cm³/mol. The minimum atomic E-state index is -0.335. The van der Waals surface area contributed by atoms with Crippen molar-refractivity contribution >= 4 is 11.6 Å². The third-order valence-electron chi connectivity index (χ3n) is 6.38. The summed E-state index contributed by atoms with van der Waals surface area (Å²) in [5, 5.41) is 7.25. The summed E-state index contributed by atoms with van der Waals surface area (Å²) in [4.78, 5) is 19.7. The Hall–Kier alpha value is -3.06. The summed E-state index contributed by atoms with van der Waals surface area (Å²) in [7, 11) is 0. The molecule has 0 aliphatic carbocycles. The van der Waals surface area contributed by atoms with Gasteiger partial charge in [0.2, 0.25) is 17.6 Å². The molecule has 3 aromatic rings. The molecule has 2 aromatic carbocycles. The number of nitrogens with zero attached hydrogens (tertiary/aromatic N) is 3. The number of rotatable bonds is 7. The van der Waals surface area contributed by atoms with Crippen LogP contribution in [-0.2, 0) is 4.79 Å². The van der Waals surface area contributed by atoms with Crippen LogP contribution in [0.25, 0.3) is 11.4 Å². The molecule has 1 fully saturated rings. The van der Waals surface area contributed by atoms with Gasteiger partial charge in [-0.05, 0) is 54.5 Å². The first-order valence-corrected chi connectivity index (χ1v) is 12.1. The van der Waals surface area contributed by atoms with Crippen LogP contribution in [0, 0.1) is 5.82 Å². The number of piperidine rings is 1. The summed E-state index contributed by atoms with van der Waals surface area (Å²) < 4.78 is 19.1. The molecular formula is C27H33FN4O2. The Morgan fingerprint density at radius 3 is 2.53 bits per heavy atom. The molecular weight excluding hydrogens is 431 g/mol.